The van der Waals surface area contributed by atoms with Crippen LogP contribution < -0.4 is 0 Å². The number of carbonyl (C=O) groups excluding carboxylic acids is 3. The number of carbonyl (C=O) groups is 3. The van der Waals surface area contributed by atoms with Crippen LogP contribution in [-0.4, -0.2) is 68.9 Å². The summed E-state index contributed by atoms with van der Waals surface area (Å²) in [4.78, 5) is 51.3. The van der Waals surface area contributed by atoms with Gasteiger partial charge in [0.25, 0.3) is 16.8 Å². The van der Waals surface area contributed by atoms with E-state index >= 15 is 0 Å². The zero-order chi connectivity index (χ0) is 21.7. The molecule has 9 nitrogen and oxygen atoms in total. The first-order valence-electron chi connectivity index (χ1n) is 9.46. The molecule has 2 fully saturated rings. The highest BCUT2D eigenvalue weighted by molar-refractivity contribution is 8.18. The first kappa shape index (κ1) is 22.3. The highest BCUT2D eigenvalue weighted by atomic mass is 32.2. The van der Waals surface area contributed by atoms with E-state index in [9.17, 15) is 24.5 Å². The predicted molar refractivity (Wildman–Crippen MR) is 114 cm³/mol. The second kappa shape index (κ2) is 10.1. The molecule has 2 aliphatic heterocycles. The van der Waals surface area contributed by atoms with Gasteiger partial charge in [-0.25, -0.2) is 0 Å². The molecule has 0 atom stereocenters. The maximum Gasteiger partial charge on any atom is 0.294 e. The topological polar surface area (TPSA) is 121 Å². The molecule has 0 saturated carbocycles. The van der Waals surface area contributed by atoms with E-state index in [-0.39, 0.29) is 29.7 Å². The summed E-state index contributed by atoms with van der Waals surface area (Å²) in [6.07, 6.45) is 4.32. The molecular weight excluding hydrogens is 430 g/mol. The molecule has 0 radical (unpaired) electrons. The van der Waals surface area contributed by atoms with Gasteiger partial charge in [0.2, 0.25) is 5.91 Å². The molecule has 0 spiro atoms. The third kappa shape index (κ3) is 5.21. The average Bonchev–Trinajstić information content (AvgIpc) is 3.00. The Labute approximate surface area is 181 Å². The molecule has 0 aromatic heterocycles. The van der Waals surface area contributed by atoms with Crippen molar-refractivity contribution >= 4 is 52.3 Å². The Kier molecular flexibility index (Phi) is 7.51. The van der Waals surface area contributed by atoms with Crippen LogP contribution in [0.1, 0.15) is 24.8 Å². The van der Waals surface area contributed by atoms with Gasteiger partial charge < -0.3 is 10.0 Å². The number of piperidine rings is 1. The van der Waals surface area contributed by atoms with Crippen molar-refractivity contribution in [3.05, 3.63) is 38.8 Å². The quantitative estimate of drug-likeness (QED) is 0.291. The molecule has 30 heavy (non-hydrogen) atoms. The summed E-state index contributed by atoms with van der Waals surface area (Å²) in [7, 11) is 0. The smallest absolute Gasteiger partial charge is 0.294 e. The van der Waals surface area contributed by atoms with Crippen LogP contribution in [0.25, 0.3) is 6.08 Å². The molecule has 3 rings (SSSR count). The van der Waals surface area contributed by atoms with E-state index in [1.165, 1.54) is 12.1 Å². The fourth-order valence-corrected chi connectivity index (χ4v) is 4.81. The van der Waals surface area contributed by atoms with Crippen molar-refractivity contribution in [2.45, 2.75) is 24.2 Å². The van der Waals surface area contributed by atoms with Crippen LogP contribution in [0.4, 0.5) is 10.5 Å². The zero-order valence-corrected chi connectivity index (χ0v) is 17.7. The van der Waals surface area contributed by atoms with Crippen molar-refractivity contribution in [3.8, 4) is 0 Å². The number of amides is 3. The van der Waals surface area contributed by atoms with Gasteiger partial charge in [-0.3, -0.25) is 29.4 Å². The van der Waals surface area contributed by atoms with Crippen LogP contribution >= 0.6 is 23.5 Å². The summed E-state index contributed by atoms with van der Waals surface area (Å²) in [6.45, 7) is 0.871. The van der Waals surface area contributed by atoms with E-state index < -0.39 is 16.1 Å². The van der Waals surface area contributed by atoms with Gasteiger partial charge in [0, 0.05) is 24.9 Å². The molecule has 2 heterocycles. The standard InChI is InChI=1S/C19H21N3O6S2/c23-8-9-29-15-5-4-13(10-14(15)22(27)28)11-16-18(25)21(19(26)30-16)12-17(24)20-6-2-1-3-7-20/h4-5,10-11,23H,1-3,6-9,12H2. The van der Waals surface area contributed by atoms with Gasteiger partial charge in [0.1, 0.15) is 6.54 Å². The number of imide groups is 1. The summed E-state index contributed by atoms with van der Waals surface area (Å²) in [5, 5.41) is 19.7. The van der Waals surface area contributed by atoms with Gasteiger partial charge >= 0.3 is 0 Å². The normalized spacial score (nSPS) is 18.4. The van der Waals surface area contributed by atoms with Crippen LogP contribution in [-0.2, 0) is 9.59 Å². The Morgan fingerprint density at radius 3 is 2.67 bits per heavy atom. The fourth-order valence-electron chi connectivity index (χ4n) is 3.21. The van der Waals surface area contributed by atoms with E-state index in [2.05, 4.69) is 0 Å². The van der Waals surface area contributed by atoms with Gasteiger partial charge in [0.15, 0.2) is 0 Å². The lowest BCUT2D eigenvalue weighted by atomic mass is 10.1. The van der Waals surface area contributed by atoms with E-state index in [0.717, 1.165) is 47.7 Å². The third-order valence-electron chi connectivity index (χ3n) is 4.70. The molecular formula is C19H21N3O6S2. The summed E-state index contributed by atoms with van der Waals surface area (Å²) < 4.78 is 0. The Bertz CT molecular complexity index is 898. The number of aliphatic hydroxyl groups excluding tert-OH is 1. The molecule has 2 aliphatic rings. The van der Waals surface area contributed by atoms with Crippen molar-refractivity contribution in [1.29, 1.82) is 0 Å². The van der Waals surface area contributed by atoms with Gasteiger partial charge in [-0.15, -0.1) is 11.8 Å². The SMILES string of the molecule is O=C(CN1C(=O)SC(=Cc2ccc(SCCO)c([N+](=O)[O-])c2)C1=O)N1CCCCC1. The van der Waals surface area contributed by atoms with Crippen molar-refractivity contribution in [1.82, 2.24) is 9.80 Å². The number of thioether (sulfide) groups is 2. The lowest BCUT2D eigenvalue weighted by Gasteiger charge is -2.27. The number of rotatable bonds is 7. The van der Waals surface area contributed by atoms with Gasteiger partial charge in [-0.1, -0.05) is 6.07 Å². The van der Waals surface area contributed by atoms with Crippen molar-refractivity contribution in [3.63, 3.8) is 0 Å². The van der Waals surface area contributed by atoms with Crippen molar-refractivity contribution in [2.24, 2.45) is 0 Å². The number of nitrogens with zero attached hydrogens (tertiary/aromatic N) is 3. The number of likely N-dealkylation sites (tertiary alicyclic amines) is 1. The van der Waals surface area contributed by atoms with Gasteiger partial charge in [0.05, 0.1) is 21.3 Å². The van der Waals surface area contributed by atoms with Gasteiger partial charge in [-0.05, 0) is 48.7 Å². The van der Waals surface area contributed by atoms with Gasteiger partial charge in [-0.2, -0.15) is 0 Å². The number of hydrogen-bond donors (Lipinski definition) is 1. The highest BCUT2D eigenvalue weighted by Gasteiger charge is 2.37. The summed E-state index contributed by atoms with van der Waals surface area (Å²) in [5.41, 5.74) is 0.268. The maximum atomic E-state index is 12.6. The van der Waals surface area contributed by atoms with Crippen LogP contribution in [0.3, 0.4) is 0 Å². The minimum Gasteiger partial charge on any atom is -0.396 e. The number of hydrogen-bond acceptors (Lipinski definition) is 8. The predicted octanol–water partition coefficient (Wildman–Crippen LogP) is 2.73. The first-order valence-corrected chi connectivity index (χ1v) is 11.3. The molecule has 0 aliphatic carbocycles. The largest absolute Gasteiger partial charge is 0.396 e. The Hall–Kier alpha value is -2.37. The minimum atomic E-state index is -0.572. The van der Waals surface area contributed by atoms with Crippen molar-refractivity contribution in [2.75, 3.05) is 32.0 Å². The molecule has 1 aromatic carbocycles. The minimum absolute atomic E-state index is 0.104. The maximum absolute atomic E-state index is 12.6. The average molecular weight is 452 g/mol. The molecule has 1 aromatic rings. The number of aliphatic hydroxyl groups is 1. The van der Waals surface area contributed by atoms with E-state index in [1.807, 2.05) is 0 Å². The van der Waals surface area contributed by atoms with Crippen LogP contribution in [0, 0.1) is 10.1 Å². The fraction of sp³-hybridized carbons (Fsp3) is 0.421. The Morgan fingerprint density at radius 2 is 2.00 bits per heavy atom. The molecule has 2 saturated heterocycles. The van der Waals surface area contributed by atoms with Crippen LogP contribution in [0.15, 0.2) is 28.0 Å². The molecule has 0 unspecified atom stereocenters. The molecule has 3 amide bonds. The zero-order valence-electron chi connectivity index (χ0n) is 16.1. The second-order valence-electron chi connectivity index (χ2n) is 6.77. The molecule has 160 valence electrons. The van der Waals surface area contributed by atoms with Crippen LogP contribution in [0.2, 0.25) is 0 Å². The van der Waals surface area contributed by atoms with E-state index in [0.29, 0.717) is 29.3 Å². The van der Waals surface area contributed by atoms with E-state index in [1.54, 1.807) is 17.0 Å². The number of benzene rings is 1. The number of nitro groups is 1. The molecule has 11 heteroatoms. The summed E-state index contributed by atoms with van der Waals surface area (Å²) in [6, 6.07) is 4.49. The third-order valence-corrected chi connectivity index (χ3v) is 6.65. The molecule has 0 bridgehead atoms. The lowest BCUT2D eigenvalue weighted by Crippen LogP contribution is -2.44. The number of nitro benzene ring substituents is 1. The summed E-state index contributed by atoms with van der Waals surface area (Å²) in [5.74, 6) is -0.500. The Morgan fingerprint density at radius 1 is 1.27 bits per heavy atom. The summed E-state index contributed by atoms with van der Waals surface area (Å²) >= 11 is 1.88. The lowest BCUT2D eigenvalue weighted by molar-refractivity contribution is -0.387. The van der Waals surface area contributed by atoms with Crippen LogP contribution in [0.5, 0.6) is 0 Å². The highest BCUT2D eigenvalue weighted by Crippen LogP contribution is 2.35. The first-order chi connectivity index (χ1) is 14.4. The van der Waals surface area contributed by atoms with E-state index in [4.69, 9.17) is 5.11 Å². The monoisotopic (exact) mass is 451 g/mol. The second-order valence-corrected chi connectivity index (χ2v) is 8.90. The molecule has 1 N–H and O–H groups in total. The Balaban J connectivity index is 1.75. The van der Waals surface area contributed by atoms with Crippen molar-refractivity contribution < 1.29 is 24.4 Å².